The van der Waals surface area contributed by atoms with Gasteiger partial charge in [-0.1, -0.05) is 18.2 Å². The molecule has 3 heteroatoms. The molecule has 1 aromatic carbocycles. The van der Waals surface area contributed by atoms with Crippen LogP contribution in [0.4, 0.5) is 5.69 Å². The van der Waals surface area contributed by atoms with Crippen LogP contribution in [0.3, 0.4) is 0 Å². The first kappa shape index (κ1) is 11.0. The summed E-state index contributed by atoms with van der Waals surface area (Å²) in [5.41, 5.74) is 1.23. The lowest BCUT2D eigenvalue weighted by Gasteiger charge is -2.30. The van der Waals surface area contributed by atoms with Crippen molar-refractivity contribution in [3.8, 4) is 6.07 Å². The average molecular weight is 215 g/mol. The highest BCUT2D eigenvalue weighted by Gasteiger charge is 2.21. The van der Waals surface area contributed by atoms with Gasteiger partial charge in [0.2, 0.25) is 0 Å². The van der Waals surface area contributed by atoms with Crippen LogP contribution >= 0.6 is 0 Å². The van der Waals surface area contributed by atoms with Gasteiger partial charge in [-0.25, -0.2) is 0 Å². The maximum Gasteiger partial charge on any atom is 0.0640 e. The maximum absolute atomic E-state index is 8.71. The molecule has 1 atom stereocenters. The highest BCUT2D eigenvalue weighted by molar-refractivity contribution is 5.47. The monoisotopic (exact) mass is 215 g/mol. The highest BCUT2D eigenvalue weighted by atomic mass is 15.2. The Hall–Kier alpha value is -1.53. The minimum Gasteiger partial charge on any atom is -0.366 e. The maximum atomic E-state index is 8.71. The van der Waals surface area contributed by atoms with Gasteiger partial charge in [0.1, 0.15) is 0 Å². The number of benzene rings is 1. The summed E-state index contributed by atoms with van der Waals surface area (Å²) in [6.45, 7) is 2.94. The lowest BCUT2D eigenvalue weighted by Crippen LogP contribution is -2.37. The Balaban J connectivity index is 2.11. The van der Waals surface area contributed by atoms with E-state index in [4.69, 9.17) is 5.26 Å². The van der Waals surface area contributed by atoms with Gasteiger partial charge in [-0.15, -0.1) is 0 Å². The fourth-order valence-electron chi connectivity index (χ4n) is 2.22. The molecule has 1 unspecified atom stereocenters. The number of nitriles is 1. The lowest BCUT2D eigenvalue weighted by atomic mass is 10.1. The molecule has 0 aromatic heterocycles. The van der Waals surface area contributed by atoms with Crippen molar-refractivity contribution < 1.29 is 0 Å². The number of nitrogens with zero attached hydrogens (tertiary/aromatic N) is 2. The Kier molecular flexibility index (Phi) is 3.79. The molecule has 0 bridgehead atoms. The molecule has 0 amide bonds. The molecule has 1 aliphatic heterocycles. The van der Waals surface area contributed by atoms with Crippen LogP contribution in [-0.2, 0) is 0 Å². The predicted octanol–water partition coefficient (Wildman–Crippen LogP) is 1.77. The molecule has 1 N–H and O–H groups in total. The molecule has 1 aromatic rings. The van der Waals surface area contributed by atoms with Gasteiger partial charge in [0.05, 0.1) is 12.5 Å². The van der Waals surface area contributed by atoms with E-state index in [0.717, 1.165) is 19.6 Å². The standard InChI is InChI=1S/C13H17N3/c14-8-4-10-16(13-7-9-15-11-13)12-5-2-1-3-6-12/h1-3,5-6,13,15H,4,7,9-11H2. The smallest absolute Gasteiger partial charge is 0.0640 e. The summed E-state index contributed by atoms with van der Waals surface area (Å²) in [5.74, 6) is 0. The number of para-hydroxylation sites is 1. The molecule has 0 aliphatic carbocycles. The van der Waals surface area contributed by atoms with E-state index in [1.807, 2.05) is 6.07 Å². The second-order valence-corrected chi connectivity index (χ2v) is 4.08. The second kappa shape index (κ2) is 5.53. The van der Waals surface area contributed by atoms with E-state index in [0.29, 0.717) is 12.5 Å². The van der Waals surface area contributed by atoms with Crippen molar-refractivity contribution in [1.82, 2.24) is 5.32 Å². The molecule has 84 valence electrons. The first-order chi connectivity index (χ1) is 7.92. The first-order valence-electron chi connectivity index (χ1n) is 5.81. The fraction of sp³-hybridized carbons (Fsp3) is 0.462. The summed E-state index contributed by atoms with van der Waals surface area (Å²) in [6, 6.07) is 13.1. The lowest BCUT2D eigenvalue weighted by molar-refractivity contribution is 0.636. The minimum absolute atomic E-state index is 0.538. The van der Waals surface area contributed by atoms with Crippen LogP contribution in [0.25, 0.3) is 0 Å². The number of anilines is 1. The molecule has 1 saturated heterocycles. The third kappa shape index (κ3) is 2.53. The van der Waals surface area contributed by atoms with Crippen LogP contribution in [0.2, 0.25) is 0 Å². The van der Waals surface area contributed by atoms with Crippen molar-refractivity contribution in [3.05, 3.63) is 30.3 Å². The summed E-state index contributed by atoms with van der Waals surface area (Å²) in [6.07, 6.45) is 1.76. The Morgan fingerprint density at radius 3 is 2.81 bits per heavy atom. The first-order valence-corrected chi connectivity index (χ1v) is 5.81. The van der Waals surface area contributed by atoms with E-state index in [2.05, 4.69) is 40.6 Å². The van der Waals surface area contributed by atoms with Crippen LogP contribution < -0.4 is 10.2 Å². The second-order valence-electron chi connectivity index (χ2n) is 4.08. The number of hydrogen-bond acceptors (Lipinski definition) is 3. The van der Waals surface area contributed by atoms with E-state index in [1.54, 1.807) is 0 Å². The van der Waals surface area contributed by atoms with Gasteiger partial charge in [0.25, 0.3) is 0 Å². The molecule has 0 spiro atoms. The van der Waals surface area contributed by atoms with Crippen LogP contribution in [0.5, 0.6) is 0 Å². The van der Waals surface area contributed by atoms with Crippen LogP contribution in [-0.4, -0.2) is 25.7 Å². The van der Waals surface area contributed by atoms with E-state index >= 15 is 0 Å². The molecule has 2 rings (SSSR count). The van der Waals surface area contributed by atoms with Crippen LogP contribution in [0, 0.1) is 11.3 Å². The molecule has 1 fully saturated rings. The van der Waals surface area contributed by atoms with E-state index in [9.17, 15) is 0 Å². The van der Waals surface area contributed by atoms with Crippen molar-refractivity contribution in [3.63, 3.8) is 0 Å². The molecule has 3 nitrogen and oxygen atoms in total. The van der Waals surface area contributed by atoms with Crippen molar-refractivity contribution in [2.75, 3.05) is 24.5 Å². The molecule has 16 heavy (non-hydrogen) atoms. The Bertz CT molecular complexity index is 349. The van der Waals surface area contributed by atoms with Gasteiger partial charge in [-0.05, 0) is 25.1 Å². The normalized spacial score (nSPS) is 19.3. The SMILES string of the molecule is N#CCCN(c1ccccc1)C1CCNC1. The van der Waals surface area contributed by atoms with Gasteiger partial charge < -0.3 is 10.2 Å². The van der Waals surface area contributed by atoms with Crippen LogP contribution in [0.15, 0.2) is 30.3 Å². The highest BCUT2D eigenvalue weighted by Crippen LogP contribution is 2.19. The summed E-state index contributed by atoms with van der Waals surface area (Å²) in [7, 11) is 0. The largest absolute Gasteiger partial charge is 0.366 e. The quantitative estimate of drug-likeness (QED) is 0.832. The van der Waals surface area contributed by atoms with Crippen molar-refractivity contribution in [2.24, 2.45) is 0 Å². The molecular weight excluding hydrogens is 198 g/mol. The van der Waals surface area contributed by atoms with Crippen LogP contribution in [0.1, 0.15) is 12.8 Å². The molecule has 1 aliphatic rings. The zero-order valence-electron chi connectivity index (χ0n) is 9.39. The molecule has 1 heterocycles. The third-order valence-electron chi connectivity index (χ3n) is 3.03. The Morgan fingerprint density at radius 1 is 1.38 bits per heavy atom. The molecule has 0 saturated carbocycles. The van der Waals surface area contributed by atoms with E-state index in [-0.39, 0.29) is 0 Å². The molecule has 0 radical (unpaired) electrons. The third-order valence-corrected chi connectivity index (χ3v) is 3.03. The van der Waals surface area contributed by atoms with Gasteiger partial charge in [0, 0.05) is 24.8 Å². The van der Waals surface area contributed by atoms with Crippen molar-refractivity contribution in [1.29, 1.82) is 5.26 Å². The topological polar surface area (TPSA) is 39.1 Å². The zero-order chi connectivity index (χ0) is 11.2. The molecular formula is C13H17N3. The Labute approximate surface area is 96.7 Å². The summed E-state index contributed by atoms with van der Waals surface area (Å²) in [5, 5.41) is 12.1. The predicted molar refractivity (Wildman–Crippen MR) is 65.3 cm³/mol. The van der Waals surface area contributed by atoms with Gasteiger partial charge in [0.15, 0.2) is 0 Å². The summed E-state index contributed by atoms with van der Waals surface area (Å²) < 4.78 is 0. The number of hydrogen-bond donors (Lipinski definition) is 1. The van der Waals surface area contributed by atoms with Crippen molar-refractivity contribution in [2.45, 2.75) is 18.9 Å². The number of rotatable bonds is 4. The van der Waals surface area contributed by atoms with E-state index in [1.165, 1.54) is 12.1 Å². The van der Waals surface area contributed by atoms with Gasteiger partial charge in [-0.2, -0.15) is 5.26 Å². The average Bonchev–Trinajstić information content (AvgIpc) is 2.85. The fourth-order valence-corrected chi connectivity index (χ4v) is 2.22. The van der Waals surface area contributed by atoms with Crippen molar-refractivity contribution >= 4 is 5.69 Å². The van der Waals surface area contributed by atoms with Gasteiger partial charge >= 0.3 is 0 Å². The van der Waals surface area contributed by atoms with Gasteiger partial charge in [-0.3, -0.25) is 0 Å². The van der Waals surface area contributed by atoms with E-state index < -0.39 is 0 Å². The Morgan fingerprint density at radius 2 is 2.19 bits per heavy atom. The number of nitrogens with one attached hydrogen (secondary N) is 1. The summed E-state index contributed by atoms with van der Waals surface area (Å²) in [4.78, 5) is 2.35. The summed E-state index contributed by atoms with van der Waals surface area (Å²) >= 11 is 0. The zero-order valence-corrected chi connectivity index (χ0v) is 9.39. The minimum atomic E-state index is 0.538.